The first kappa shape index (κ1) is 18.0. The van der Waals surface area contributed by atoms with E-state index in [9.17, 15) is 4.79 Å². The van der Waals surface area contributed by atoms with Gasteiger partial charge in [0.05, 0.1) is 27.9 Å². The van der Waals surface area contributed by atoms with Gasteiger partial charge in [0.25, 0.3) is 0 Å². The molecule has 0 bridgehead atoms. The van der Waals surface area contributed by atoms with Crippen LogP contribution in [0, 0.1) is 0 Å². The molecule has 2 aromatic heterocycles. The molecule has 0 saturated heterocycles. The Bertz CT molecular complexity index is 888. The van der Waals surface area contributed by atoms with Crippen LogP contribution in [0.2, 0.25) is 4.34 Å². The van der Waals surface area contributed by atoms with Gasteiger partial charge in [0.2, 0.25) is 5.89 Å². The van der Waals surface area contributed by atoms with Crippen molar-refractivity contribution in [1.29, 1.82) is 0 Å². The van der Waals surface area contributed by atoms with Gasteiger partial charge >= 0.3 is 5.97 Å². The number of hydrogen-bond acceptors (Lipinski definition) is 6. The van der Waals surface area contributed by atoms with Crippen molar-refractivity contribution in [1.82, 2.24) is 4.98 Å². The molecule has 0 N–H and O–H groups in total. The van der Waals surface area contributed by atoms with Crippen LogP contribution in [0.4, 0.5) is 0 Å². The molecular weight excluding hydrogens is 378 g/mol. The Morgan fingerprint density at radius 2 is 2.20 bits per heavy atom. The molecule has 4 nitrogen and oxygen atoms in total. The lowest BCUT2D eigenvalue weighted by molar-refractivity contribution is -0.142. The Hall–Kier alpha value is -1.76. The van der Waals surface area contributed by atoms with Crippen LogP contribution in [0.3, 0.4) is 0 Å². The number of thioether (sulfide) groups is 1. The number of carbonyl (C=O) groups is 1. The quantitative estimate of drug-likeness (QED) is 0.406. The fourth-order valence-electron chi connectivity index (χ4n) is 2.33. The summed E-state index contributed by atoms with van der Waals surface area (Å²) in [7, 11) is 0. The fraction of sp³-hybridized carbons (Fsp3) is 0.222. The highest BCUT2D eigenvalue weighted by Crippen LogP contribution is 2.36. The summed E-state index contributed by atoms with van der Waals surface area (Å²) in [5.74, 6) is 0.716. The average Bonchev–Trinajstić information content (AvgIpc) is 3.21. The molecule has 0 aliphatic rings. The van der Waals surface area contributed by atoms with Crippen LogP contribution in [0.15, 0.2) is 45.7 Å². The van der Waals surface area contributed by atoms with E-state index in [1.807, 2.05) is 36.6 Å². The van der Waals surface area contributed by atoms with Crippen LogP contribution in [-0.4, -0.2) is 23.8 Å². The van der Waals surface area contributed by atoms with Crippen LogP contribution < -0.4 is 0 Å². The van der Waals surface area contributed by atoms with Crippen molar-refractivity contribution in [2.45, 2.75) is 18.2 Å². The van der Waals surface area contributed by atoms with Crippen LogP contribution in [0.1, 0.15) is 12.6 Å². The molecular formula is C18H16ClNO3S2. The lowest BCUT2D eigenvalue weighted by Gasteiger charge is -2.00. The number of benzene rings is 1. The van der Waals surface area contributed by atoms with Crippen molar-refractivity contribution in [2.24, 2.45) is 0 Å². The topological polar surface area (TPSA) is 52.3 Å². The molecule has 0 radical (unpaired) electrons. The van der Waals surface area contributed by atoms with Gasteiger partial charge in [0.1, 0.15) is 0 Å². The number of nitrogens with zero attached hydrogens (tertiary/aromatic N) is 1. The van der Waals surface area contributed by atoms with E-state index in [1.54, 1.807) is 24.8 Å². The predicted molar refractivity (Wildman–Crippen MR) is 102 cm³/mol. The van der Waals surface area contributed by atoms with Crippen molar-refractivity contribution >= 4 is 40.7 Å². The first-order valence-electron chi connectivity index (χ1n) is 7.66. The smallest absolute Gasteiger partial charge is 0.312 e. The minimum Gasteiger partial charge on any atom is -0.466 e. The summed E-state index contributed by atoms with van der Waals surface area (Å²) in [5.41, 5.74) is 1.42. The average molecular weight is 394 g/mol. The van der Waals surface area contributed by atoms with E-state index in [2.05, 4.69) is 4.98 Å². The number of hydrogen-bond donors (Lipinski definition) is 0. The second-order valence-electron chi connectivity index (χ2n) is 5.11. The molecule has 0 fully saturated rings. The number of halogens is 1. The maximum atomic E-state index is 11.9. The second-order valence-corrected chi connectivity index (χ2v) is 7.71. The van der Waals surface area contributed by atoms with E-state index in [4.69, 9.17) is 20.8 Å². The van der Waals surface area contributed by atoms with Gasteiger partial charge in [-0.1, -0.05) is 17.7 Å². The summed E-state index contributed by atoms with van der Waals surface area (Å²) < 4.78 is 11.7. The van der Waals surface area contributed by atoms with Gasteiger partial charge in [-0.3, -0.25) is 4.79 Å². The SMILES string of the molecule is CCOC(=O)Cc1nc(-c2cccc(SC)c2)oc1-c1ccc(Cl)s1. The highest BCUT2D eigenvalue weighted by atomic mass is 35.5. The van der Waals surface area contributed by atoms with Crippen molar-refractivity contribution in [2.75, 3.05) is 12.9 Å². The maximum absolute atomic E-state index is 11.9. The third-order valence-corrected chi connectivity index (χ3v) is 5.38. The van der Waals surface area contributed by atoms with Gasteiger partial charge in [-0.2, -0.15) is 0 Å². The molecule has 0 aliphatic heterocycles. The third-order valence-electron chi connectivity index (χ3n) is 3.43. The van der Waals surface area contributed by atoms with Crippen LogP contribution in [0.5, 0.6) is 0 Å². The zero-order chi connectivity index (χ0) is 17.8. The molecule has 0 unspecified atom stereocenters. The zero-order valence-electron chi connectivity index (χ0n) is 13.7. The monoisotopic (exact) mass is 393 g/mol. The highest BCUT2D eigenvalue weighted by Gasteiger charge is 2.21. The summed E-state index contributed by atoms with van der Waals surface area (Å²) in [5, 5.41) is 0. The van der Waals surface area contributed by atoms with Gasteiger partial charge < -0.3 is 9.15 Å². The second kappa shape index (κ2) is 8.08. The summed E-state index contributed by atoms with van der Waals surface area (Å²) in [6.45, 7) is 2.11. The zero-order valence-corrected chi connectivity index (χ0v) is 16.1. The maximum Gasteiger partial charge on any atom is 0.312 e. The third kappa shape index (κ3) is 4.26. The van der Waals surface area contributed by atoms with Crippen molar-refractivity contribution in [3.8, 4) is 22.1 Å². The number of aromatic nitrogens is 1. The van der Waals surface area contributed by atoms with E-state index in [0.717, 1.165) is 15.3 Å². The predicted octanol–water partition coefficient (Wildman–Crippen LogP) is 5.55. The first-order chi connectivity index (χ1) is 12.1. The molecule has 3 rings (SSSR count). The molecule has 0 saturated carbocycles. The number of thiophene rings is 1. The summed E-state index contributed by atoms with van der Waals surface area (Å²) in [6, 6.07) is 11.6. The Kier molecular flexibility index (Phi) is 5.83. The number of rotatable bonds is 6. The lowest BCUT2D eigenvalue weighted by atomic mass is 10.2. The van der Waals surface area contributed by atoms with Crippen molar-refractivity contribution in [3.63, 3.8) is 0 Å². The lowest BCUT2D eigenvalue weighted by Crippen LogP contribution is -2.08. The largest absolute Gasteiger partial charge is 0.466 e. The molecule has 0 amide bonds. The first-order valence-corrected chi connectivity index (χ1v) is 10.1. The Morgan fingerprint density at radius 1 is 1.36 bits per heavy atom. The van der Waals surface area contributed by atoms with Crippen LogP contribution >= 0.6 is 34.7 Å². The molecule has 7 heteroatoms. The van der Waals surface area contributed by atoms with Crippen molar-refractivity contribution in [3.05, 3.63) is 46.4 Å². The number of carbonyl (C=O) groups excluding carboxylic acids is 1. The van der Waals surface area contributed by atoms with E-state index in [1.165, 1.54) is 11.3 Å². The molecule has 3 aromatic rings. The number of oxazole rings is 1. The van der Waals surface area contributed by atoms with Gasteiger partial charge in [0.15, 0.2) is 5.76 Å². The summed E-state index contributed by atoms with van der Waals surface area (Å²) in [4.78, 5) is 18.4. The number of ether oxygens (including phenoxy) is 1. The molecule has 0 aliphatic carbocycles. The molecule has 0 spiro atoms. The van der Waals surface area contributed by atoms with Crippen molar-refractivity contribution < 1.29 is 13.9 Å². The van der Waals surface area contributed by atoms with E-state index >= 15 is 0 Å². The minimum atomic E-state index is -0.330. The van der Waals surface area contributed by atoms with E-state index in [0.29, 0.717) is 28.3 Å². The van der Waals surface area contributed by atoms with E-state index < -0.39 is 0 Å². The fourth-order valence-corrected chi connectivity index (χ4v) is 3.83. The van der Waals surface area contributed by atoms with Gasteiger partial charge in [-0.15, -0.1) is 23.1 Å². The van der Waals surface area contributed by atoms with Gasteiger partial charge in [0, 0.05) is 10.5 Å². The van der Waals surface area contributed by atoms with Gasteiger partial charge in [-0.25, -0.2) is 4.98 Å². The number of esters is 1. The summed E-state index contributed by atoms with van der Waals surface area (Å²) >= 11 is 9.08. The van der Waals surface area contributed by atoms with Crippen LogP contribution in [0.25, 0.3) is 22.1 Å². The normalized spacial score (nSPS) is 10.8. The molecule has 130 valence electrons. The molecule has 2 heterocycles. The van der Waals surface area contributed by atoms with Gasteiger partial charge in [-0.05, 0) is 43.5 Å². The molecule has 1 aromatic carbocycles. The molecule has 0 atom stereocenters. The standard InChI is InChI=1S/C18H16ClNO3S2/c1-3-22-16(21)10-13-17(14-7-8-15(19)25-14)23-18(20-13)11-5-4-6-12(9-11)24-2/h4-9H,3,10H2,1-2H3. The summed E-state index contributed by atoms with van der Waals surface area (Å²) in [6.07, 6.45) is 2.07. The molecule has 25 heavy (non-hydrogen) atoms. The Labute approximate surface area is 159 Å². The highest BCUT2D eigenvalue weighted by molar-refractivity contribution is 7.98. The van der Waals surface area contributed by atoms with E-state index in [-0.39, 0.29) is 12.4 Å². The van der Waals surface area contributed by atoms with Crippen LogP contribution in [-0.2, 0) is 16.0 Å². The minimum absolute atomic E-state index is 0.0599. The Morgan fingerprint density at radius 3 is 2.88 bits per heavy atom. The Balaban J connectivity index is 2.02.